The quantitative estimate of drug-likeness (QED) is 0.664. The molecule has 0 N–H and O–H groups in total. The van der Waals surface area contributed by atoms with Crippen molar-refractivity contribution in [2.24, 2.45) is 7.05 Å². The number of hydrogen-bond donors (Lipinski definition) is 0. The molecule has 4 heteroatoms. The SMILES string of the molecule is Cn1c2ccc(C#N)cc2c(=O)n1-c1ccccc1. The number of para-hydroxylation sites is 1. The molecule has 92 valence electrons. The van der Waals surface area contributed by atoms with E-state index in [2.05, 4.69) is 6.07 Å². The van der Waals surface area contributed by atoms with Gasteiger partial charge in [-0.3, -0.25) is 9.48 Å². The summed E-state index contributed by atoms with van der Waals surface area (Å²) in [5.74, 6) is 0. The average Bonchev–Trinajstić information content (AvgIpc) is 2.71. The van der Waals surface area contributed by atoms with Crippen molar-refractivity contribution in [1.29, 1.82) is 5.26 Å². The minimum absolute atomic E-state index is 0.110. The maximum Gasteiger partial charge on any atom is 0.279 e. The summed E-state index contributed by atoms with van der Waals surface area (Å²) in [4.78, 5) is 12.5. The largest absolute Gasteiger partial charge is 0.280 e. The molecule has 0 fully saturated rings. The van der Waals surface area contributed by atoms with E-state index >= 15 is 0 Å². The van der Waals surface area contributed by atoms with Crippen molar-refractivity contribution < 1.29 is 0 Å². The molecule has 0 unspecified atom stereocenters. The van der Waals surface area contributed by atoms with Crippen LogP contribution in [0.25, 0.3) is 16.6 Å². The van der Waals surface area contributed by atoms with E-state index in [0.717, 1.165) is 11.2 Å². The van der Waals surface area contributed by atoms with Crippen molar-refractivity contribution in [3.8, 4) is 11.8 Å². The predicted molar refractivity (Wildman–Crippen MR) is 73.2 cm³/mol. The smallest absolute Gasteiger partial charge is 0.279 e. The van der Waals surface area contributed by atoms with Crippen LogP contribution >= 0.6 is 0 Å². The van der Waals surface area contributed by atoms with Crippen molar-refractivity contribution in [2.45, 2.75) is 0 Å². The fraction of sp³-hybridized carbons (Fsp3) is 0.0667. The fourth-order valence-electron chi connectivity index (χ4n) is 2.28. The molecule has 3 rings (SSSR count). The normalized spacial score (nSPS) is 10.5. The van der Waals surface area contributed by atoms with Gasteiger partial charge in [0.25, 0.3) is 5.56 Å². The van der Waals surface area contributed by atoms with Crippen LogP contribution in [0.3, 0.4) is 0 Å². The number of rotatable bonds is 1. The molecular formula is C15H11N3O. The Labute approximate surface area is 109 Å². The molecule has 0 aliphatic carbocycles. The lowest BCUT2D eigenvalue weighted by Gasteiger charge is -2.06. The van der Waals surface area contributed by atoms with Gasteiger partial charge in [0.2, 0.25) is 0 Å². The Morgan fingerprint density at radius 1 is 1.11 bits per heavy atom. The molecule has 19 heavy (non-hydrogen) atoms. The summed E-state index contributed by atoms with van der Waals surface area (Å²) < 4.78 is 3.40. The molecule has 0 radical (unpaired) electrons. The summed E-state index contributed by atoms with van der Waals surface area (Å²) >= 11 is 0. The van der Waals surface area contributed by atoms with E-state index in [-0.39, 0.29) is 5.56 Å². The van der Waals surface area contributed by atoms with Gasteiger partial charge in [-0.15, -0.1) is 0 Å². The van der Waals surface area contributed by atoms with E-state index in [0.29, 0.717) is 10.9 Å². The lowest BCUT2D eigenvalue weighted by atomic mass is 10.2. The van der Waals surface area contributed by atoms with Crippen LogP contribution in [0.4, 0.5) is 0 Å². The van der Waals surface area contributed by atoms with Crippen LogP contribution in [-0.4, -0.2) is 9.36 Å². The Morgan fingerprint density at radius 2 is 1.84 bits per heavy atom. The van der Waals surface area contributed by atoms with E-state index in [9.17, 15) is 4.79 Å². The highest BCUT2D eigenvalue weighted by Gasteiger charge is 2.12. The monoisotopic (exact) mass is 249 g/mol. The molecular weight excluding hydrogens is 238 g/mol. The lowest BCUT2D eigenvalue weighted by molar-refractivity contribution is 0.666. The maximum atomic E-state index is 12.5. The Bertz CT molecular complexity index is 851. The van der Waals surface area contributed by atoms with Crippen molar-refractivity contribution in [2.75, 3.05) is 0 Å². The first-order chi connectivity index (χ1) is 9.22. The Balaban J connectivity index is 2.40. The molecule has 4 nitrogen and oxygen atoms in total. The van der Waals surface area contributed by atoms with Gasteiger partial charge >= 0.3 is 0 Å². The molecule has 0 aliphatic heterocycles. The fourth-order valence-corrected chi connectivity index (χ4v) is 2.28. The van der Waals surface area contributed by atoms with Crippen LogP contribution in [0.15, 0.2) is 53.3 Å². The van der Waals surface area contributed by atoms with E-state index in [1.54, 1.807) is 27.6 Å². The Hall–Kier alpha value is -2.80. The summed E-state index contributed by atoms with van der Waals surface area (Å²) in [6, 6.07) is 16.7. The van der Waals surface area contributed by atoms with Gasteiger partial charge in [-0.1, -0.05) is 18.2 Å². The van der Waals surface area contributed by atoms with Crippen LogP contribution in [0, 0.1) is 11.3 Å². The van der Waals surface area contributed by atoms with Crippen LogP contribution in [-0.2, 0) is 7.05 Å². The highest BCUT2D eigenvalue weighted by molar-refractivity contribution is 5.80. The van der Waals surface area contributed by atoms with Gasteiger partial charge in [0.1, 0.15) is 0 Å². The molecule has 0 aliphatic rings. The zero-order chi connectivity index (χ0) is 13.4. The van der Waals surface area contributed by atoms with Crippen molar-refractivity contribution in [3.63, 3.8) is 0 Å². The van der Waals surface area contributed by atoms with Crippen molar-refractivity contribution >= 4 is 10.9 Å². The number of hydrogen-bond acceptors (Lipinski definition) is 2. The summed E-state index contributed by atoms with van der Waals surface area (Å²) in [5, 5.41) is 9.48. The lowest BCUT2D eigenvalue weighted by Crippen LogP contribution is -2.19. The molecule has 1 heterocycles. The molecule has 3 aromatic rings. The summed E-state index contributed by atoms with van der Waals surface area (Å²) in [7, 11) is 1.84. The molecule has 2 aromatic carbocycles. The molecule has 0 spiro atoms. The standard InChI is InChI=1S/C15H11N3O/c1-17-14-8-7-11(10-16)9-13(14)15(19)18(17)12-5-3-2-4-6-12/h2-9H,1H3. The predicted octanol–water partition coefficient (Wildman–Crippen LogP) is 2.20. The van der Waals surface area contributed by atoms with Gasteiger partial charge in [0, 0.05) is 7.05 Å². The number of nitrogens with zero attached hydrogens (tertiary/aromatic N) is 3. The Kier molecular flexibility index (Phi) is 2.46. The van der Waals surface area contributed by atoms with E-state index < -0.39 is 0 Å². The van der Waals surface area contributed by atoms with Crippen LogP contribution in [0.5, 0.6) is 0 Å². The molecule has 0 saturated heterocycles. The molecule has 1 aromatic heterocycles. The zero-order valence-electron chi connectivity index (χ0n) is 10.4. The summed E-state index contributed by atoms with van der Waals surface area (Å²) in [5.41, 5.74) is 2.01. The minimum atomic E-state index is -0.110. The van der Waals surface area contributed by atoms with Gasteiger partial charge < -0.3 is 0 Å². The summed E-state index contributed by atoms with van der Waals surface area (Å²) in [6.07, 6.45) is 0. The minimum Gasteiger partial charge on any atom is -0.280 e. The second-order valence-corrected chi connectivity index (χ2v) is 4.32. The summed E-state index contributed by atoms with van der Waals surface area (Å²) in [6.45, 7) is 0. The highest BCUT2D eigenvalue weighted by atomic mass is 16.1. The van der Waals surface area contributed by atoms with Gasteiger partial charge in [-0.05, 0) is 30.3 Å². The molecule has 0 bridgehead atoms. The molecule has 0 amide bonds. The van der Waals surface area contributed by atoms with E-state index in [4.69, 9.17) is 5.26 Å². The number of benzene rings is 2. The van der Waals surface area contributed by atoms with Gasteiger partial charge in [-0.25, -0.2) is 4.68 Å². The second-order valence-electron chi connectivity index (χ2n) is 4.32. The topological polar surface area (TPSA) is 50.7 Å². The number of fused-ring (bicyclic) bond motifs is 1. The molecule has 0 atom stereocenters. The Morgan fingerprint density at radius 3 is 2.53 bits per heavy atom. The second kappa shape index (κ2) is 4.14. The third-order valence-electron chi connectivity index (χ3n) is 3.20. The third-order valence-corrected chi connectivity index (χ3v) is 3.20. The third kappa shape index (κ3) is 1.64. The number of aromatic nitrogens is 2. The van der Waals surface area contributed by atoms with Crippen LogP contribution in [0.1, 0.15) is 5.56 Å². The van der Waals surface area contributed by atoms with E-state index in [1.165, 1.54) is 0 Å². The van der Waals surface area contributed by atoms with Gasteiger partial charge in [0.15, 0.2) is 0 Å². The highest BCUT2D eigenvalue weighted by Crippen LogP contribution is 2.15. The van der Waals surface area contributed by atoms with Crippen molar-refractivity contribution in [1.82, 2.24) is 9.36 Å². The van der Waals surface area contributed by atoms with Crippen LogP contribution in [0.2, 0.25) is 0 Å². The first kappa shape index (κ1) is 11.3. The van der Waals surface area contributed by atoms with Crippen molar-refractivity contribution in [3.05, 3.63) is 64.4 Å². The first-order valence-electron chi connectivity index (χ1n) is 5.89. The van der Waals surface area contributed by atoms with Gasteiger partial charge in [0.05, 0.1) is 28.2 Å². The van der Waals surface area contributed by atoms with Gasteiger partial charge in [-0.2, -0.15) is 5.26 Å². The average molecular weight is 249 g/mol. The number of nitriles is 1. The first-order valence-corrected chi connectivity index (χ1v) is 5.89. The van der Waals surface area contributed by atoms with Crippen LogP contribution < -0.4 is 5.56 Å². The maximum absolute atomic E-state index is 12.5. The zero-order valence-corrected chi connectivity index (χ0v) is 10.4. The van der Waals surface area contributed by atoms with E-state index in [1.807, 2.05) is 37.4 Å². The molecule has 0 saturated carbocycles. The number of aryl methyl sites for hydroxylation is 1.